The van der Waals surface area contributed by atoms with Gasteiger partial charge in [-0.3, -0.25) is 9.88 Å². The van der Waals surface area contributed by atoms with Crippen LogP contribution in [0.25, 0.3) is 0 Å². The van der Waals surface area contributed by atoms with E-state index in [0.29, 0.717) is 6.04 Å². The molecule has 0 saturated carbocycles. The van der Waals surface area contributed by atoms with E-state index in [4.69, 9.17) is 0 Å². The van der Waals surface area contributed by atoms with E-state index >= 15 is 0 Å². The van der Waals surface area contributed by atoms with Gasteiger partial charge in [0.25, 0.3) is 0 Å². The van der Waals surface area contributed by atoms with Gasteiger partial charge in [0.1, 0.15) is 0 Å². The summed E-state index contributed by atoms with van der Waals surface area (Å²) in [7, 11) is 0. The molecule has 0 amide bonds. The maximum Gasteiger partial charge on any atom is 0.0541 e. The van der Waals surface area contributed by atoms with Crippen LogP contribution in [0.2, 0.25) is 0 Å². The zero-order chi connectivity index (χ0) is 14.8. The Morgan fingerprint density at radius 2 is 1.95 bits per heavy atom. The third kappa shape index (κ3) is 6.49. The Labute approximate surface area is 124 Å². The molecule has 0 bridgehead atoms. The molecule has 1 N–H and O–H groups in total. The van der Waals surface area contributed by atoms with E-state index in [1.54, 1.807) is 0 Å². The van der Waals surface area contributed by atoms with Crippen molar-refractivity contribution < 1.29 is 0 Å². The van der Waals surface area contributed by atoms with Crippen LogP contribution < -0.4 is 5.32 Å². The van der Waals surface area contributed by atoms with E-state index in [1.807, 2.05) is 18.3 Å². The van der Waals surface area contributed by atoms with Gasteiger partial charge in [-0.15, -0.1) is 0 Å². The smallest absolute Gasteiger partial charge is 0.0541 e. The van der Waals surface area contributed by atoms with Crippen LogP contribution in [0.4, 0.5) is 0 Å². The number of hydrogen-bond donors (Lipinski definition) is 1. The molecular weight excluding hydrogens is 246 g/mol. The Morgan fingerprint density at radius 1 is 1.20 bits per heavy atom. The van der Waals surface area contributed by atoms with Crippen molar-refractivity contribution in [3.63, 3.8) is 0 Å². The summed E-state index contributed by atoms with van der Waals surface area (Å²) in [5.41, 5.74) is 1.12. The standard InChI is InChI=1S/C17H31N3/c1-5-17(6-2)20(14-15(3)4)12-11-18-13-16-9-7-8-10-19-16/h7-10,15,17-18H,5-6,11-14H2,1-4H3. The molecule has 0 atom stereocenters. The third-order valence-electron chi connectivity index (χ3n) is 3.67. The van der Waals surface area contributed by atoms with Crippen molar-refractivity contribution >= 4 is 0 Å². The number of pyridine rings is 1. The molecule has 20 heavy (non-hydrogen) atoms. The molecule has 1 aromatic heterocycles. The van der Waals surface area contributed by atoms with Gasteiger partial charge in [0, 0.05) is 38.4 Å². The Morgan fingerprint density at radius 3 is 2.50 bits per heavy atom. The molecule has 0 aliphatic heterocycles. The summed E-state index contributed by atoms with van der Waals surface area (Å²) >= 11 is 0. The lowest BCUT2D eigenvalue weighted by atomic mass is 10.1. The summed E-state index contributed by atoms with van der Waals surface area (Å²) in [4.78, 5) is 6.97. The second-order valence-corrected chi connectivity index (χ2v) is 5.86. The molecule has 0 aromatic carbocycles. The fraction of sp³-hybridized carbons (Fsp3) is 0.706. The highest BCUT2D eigenvalue weighted by Gasteiger charge is 2.15. The summed E-state index contributed by atoms with van der Waals surface area (Å²) < 4.78 is 0. The minimum atomic E-state index is 0.717. The SMILES string of the molecule is CCC(CC)N(CCNCc1ccccn1)CC(C)C. The quantitative estimate of drug-likeness (QED) is 0.665. The second-order valence-electron chi connectivity index (χ2n) is 5.86. The summed E-state index contributed by atoms with van der Waals surface area (Å²) in [5.74, 6) is 0.728. The summed E-state index contributed by atoms with van der Waals surface area (Å²) in [6.45, 7) is 13.4. The Balaban J connectivity index is 2.34. The molecule has 0 spiro atoms. The minimum absolute atomic E-state index is 0.717. The van der Waals surface area contributed by atoms with Crippen molar-refractivity contribution in [3.8, 4) is 0 Å². The number of nitrogens with one attached hydrogen (secondary N) is 1. The largest absolute Gasteiger partial charge is 0.310 e. The first-order chi connectivity index (χ1) is 9.67. The van der Waals surface area contributed by atoms with Crippen LogP contribution >= 0.6 is 0 Å². The highest BCUT2D eigenvalue weighted by molar-refractivity contribution is 5.02. The molecule has 0 saturated heterocycles. The fourth-order valence-corrected chi connectivity index (χ4v) is 2.64. The number of hydrogen-bond acceptors (Lipinski definition) is 3. The molecule has 0 unspecified atom stereocenters. The molecule has 0 aliphatic rings. The normalized spacial score (nSPS) is 11.8. The van der Waals surface area contributed by atoms with Gasteiger partial charge in [0.2, 0.25) is 0 Å². The fourth-order valence-electron chi connectivity index (χ4n) is 2.64. The average molecular weight is 277 g/mol. The topological polar surface area (TPSA) is 28.2 Å². The predicted molar refractivity (Wildman–Crippen MR) is 86.7 cm³/mol. The van der Waals surface area contributed by atoms with Gasteiger partial charge in [0.15, 0.2) is 0 Å². The van der Waals surface area contributed by atoms with Gasteiger partial charge in [-0.25, -0.2) is 0 Å². The van der Waals surface area contributed by atoms with Crippen LogP contribution in [0.3, 0.4) is 0 Å². The highest BCUT2D eigenvalue weighted by Crippen LogP contribution is 2.10. The van der Waals surface area contributed by atoms with Crippen LogP contribution in [-0.2, 0) is 6.54 Å². The minimum Gasteiger partial charge on any atom is -0.310 e. The van der Waals surface area contributed by atoms with Gasteiger partial charge in [-0.05, 0) is 30.9 Å². The third-order valence-corrected chi connectivity index (χ3v) is 3.67. The summed E-state index contributed by atoms with van der Waals surface area (Å²) in [6, 6.07) is 6.79. The van der Waals surface area contributed by atoms with E-state index in [-0.39, 0.29) is 0 Å². The number of aromatic nitrogens is 1. The van der Waals surface area contributed by atoms with Crippen molar-refractivity contribution in [2.24, 2.45) is 5.92 Å². The molecule has 3 heteroatoms. The first-order valence-corrected chi connectivity index (χ1v) is 8.02. The van der Waals surface area contributed by atoms with Gasteiger partial charge in [-0.2, -0.15) is 0 Å². The molecule has 1 rings (SSSR count). The second kappa shape index (κ2) is 9.89. The van der Waals surface area contributed by atoms with Crippen LogP contribution in [-0.4, -0.2) is 35.6 Å². The van der Waals surface area contributed by atoms with Gasteiger partial charge >= 0.3 is 0 Å². The summed E-state index contributed by atoms with van der Waals surface area (Å²) in [5, 5.41) is 3.50. The lowest BCUT2D eigenvalue weighted by Crippen LogP contribution is -2.41. The van der Waals surface area contributed by atoms with Gasteiger partial charge < -0.3 is 5.32 Å². The van der Waals surface area contributed by atoms with Crippen molar-refractivity contribution in [2.75, 3.05) is 19.6 Å². The van der Waals surface area contributed by atoms with Crippen molar-refractivity contribution in [1.82, 2.24) is 15.2 Å². The van der Waals surface area contributed by atoms with Crippen LogP contribution in [0.5, 0.6) is 0 Å². The van der Waals surface area contributed by atoms with Crippen molar-refractivity contribution in [2.45, 2.75) is 53.1 Å². The van der Waals surface area contributed by atoms with Crippen molar-refractivity contribution in [3.05, 3.63) is 30.1 Å². The maximum atomic E-state index is 4.34. The number of rotatable bonds is 10. The first kappa shape index (κ1) is 17.1. The van der Waals surface area contributed by atoms with Gasteiger partial charge in [-0.1, -0.05) is 33.8 Å². The monoisotopic (exact) mass is 277 g/mol. The lowest BCUT2D eigenvalue weighted by molar-refractivity contribution is 0.166. The zero-order valence-corrected chi connectivity index (χ0v) is 13.6. The van der Waals surface area contributed by atoms with Crippen LogP contribution in [0, 0.1) is 5.92 Å². The van der Waals surface area contributed by atoms with Crippen LogP contribution in [0.1, 0.15) is 46.2 Å². The van der Waals surface area contributed by atoms with E-state index in [9.17, 15) is 0 Å². The zero-order valence-electron chi connectivity index (χ0n) is 13.6. The number of nitrogens with zero attached hydrogens (tertiary/aromatic N) is 2. The van der Waals surface area contributed by atoms with E-state index in [0.717, 1.165) is 31.2 Å². The maximum absolute atomic E-state index is 4.34. The molecule has 1 heterocycles. The molecule has 0 aliphatic carbocycles. The Kier molecular flexibility index (Phi) is 8.47. The molecule has 3 nitrogen and oxygen atoms in total. The lowest BCUT2D eigenvalue weighted by Gasteiger charge is -2.32. The Bertz CT molecular complexity index is 333. The van der Waals surface area contributed by atoms with Crippen LogP contribution in [0.15, 0.2) is 24.4 Å². The molecule has 114 valence electrons. The molecule has 0 fully saturated rings. The molecular formula is C17H31N3. The molecule has 1 aromatic rings. The predicted octanol–water partition coefficient (Wildman–Crippen LogP) is 3.32. The van der Waals surface area contributed by atoms with Gasteiger partial charge in [0.05, 0.1) is 5.69 Å². The van der Waals surface area contributed by atoms with Crippen molar-refractivity contribution in [1.29, 1.82) is 0 Å². The highest BCUT2D eigenvalue weighted by atomic mass is 15.2. The summed E-state index contributed by atoms with van der Waals surface area (Å²) in [6.07, 6.45) is 4.33. The van der Waals surface area contributed by atoms with E-state index in [2.05, 4.69) is 49.0 Å². The Hall–Kier alpha value is -0.930. The van der Waals surface area contributed by atoms with E-state index in [1.165, 1.54) is 19.4 Å². The average Bonchev–Trinajstić information content (AvgIpc) is 2.45. The first-order valence-electron chi connectivity index (χ1n) is 8.02. The van der Waals surface area contributed by atoms with E-state index < -0.39 is 0 Å². The molecule has 0 radical (unpaired) electrons.